The predicted octanol–water partition coefficient (Wildman–Crippen LogP) is 1.28. The third-order valence-electron chi connectivity index (χ3n) is 2.62. The molecule has 0 aliphatic carbocycles. The van der Waals surface area contributed by atoms with Crippen LogP contribution in [0.1, 0.15) is 13.8 Å². The van der Waals surface area contributed by atoms with Gasteiger partial charge < -0.3 is 9.88 Å². The van der Waals surface area contributed by atoms with Crippen molar-refractivity contribution in [3.05, 3.63) is 24.9 Å². The molecule has 92 valence electrons. The summed E-state index contributed by atoms with van der Waals surface area (Å²) in [5.74, 6) is 0. The van der Waals surface area contributed by atoms with Crippen LogP contribution in [0.25, 0.3) is 11.3 Å². The Hall–Kier alpha value is -1.62. The molecule has 0 radical (unpaired) electrons. The molecule has 0 saturated heterocycles. The van der Waals surface area contributed by atoms with Gasteiger partial charge in [-0.2, -0.15) is 5.10 Å². The monoisotopic (exact) mass is 233 g/mol. The van der Waals surface area contributed by atoms with E-state index in [0.717, 1.165) is 24.3 Å². The Bertz CT molecular complexity index is 469. The fourth-order valence-electron chi connectivity index (χ4n) is 1.77. The SMILES string of the molecule is CC(C)NCCn1cncc1-c1cnn(C)c1. The summed E-state index contributed by atoms with van der Waals surface area (Å²) in [5, 5.41) is 7.58. The maximum Gasteiger partial charge on any atom is 0.0951 e. The number of aromatic nitrogens is 4. The van der Waals surface area contributed by atoms with Gasteiger partial charge in [-0.05, 0) is 0 Å². The number of nitrogens with zero attached hydrogens (tertiary/aromatic N) is 4. The second-order valence-corrected chi connectivity index (χ2v) is 4.48. The molecule has 0 atom stereocenters. The quantitative estimate of drug-likeness (QED) is 0.846. The minimum atomic E-state index is 0.514. The van der Waals surface area contributed by atoms with Crippen LogP contribution in [0.4, 0.5) is 0 Å². The van der Waals surface area contributed by atoms with Crippen molar-refractivity contribution in [1.29, 1.82) is 0 Å². The highest BCUT2D eigenvalue weighted by atomic mass is 15.2. The van der Waals surface area contributed by atoms with Crippen LogP contribution in [-0.2, 0) is 13.6 Å². The van der Waals surface area contributed by atoms with E-state index in [9.17, 15) is 0 Å². The summed E-state index contributed by atoms with van der Waals surface area (Å²) in [6.45, 7) is 6.16. The van der Waals surface area contributed by atoms with Gasteiger partial charge in [0.1, 0.15) is 0 Å². The van der Waals surface area contributed by atoms with Crippen molar-refractivity contribution < 1.29 is 0 Å². The largest absolute Gasteiger partial charge is 0.329 e. The number of rotatable bonds is 5. The van der Waals surface area contributed by atoms with Gasteiger partial charge in [0.05, 0.1) is 24.4 Å². The molecule has 2 aromatic rings. The molecule has 2 rings (SSSR count). The van der Waals surface area contributed by atoms with Gasteiger partial charge in [-0.1, -0.05) is 13.8 Å². The summed E-state index contributed by atoms with van der Waals surface area (Å²) in [4.78, 5) is 4.20. The minimum Gasteiger partial charge on any atom is -0.329 e. The number of nitrogens with one attached hydrogen (secondary N) is 1. The van der Waals surface area contributed by atoms with E-state index in [0.29, 0.717) is 6.04 Å². The fourth-order valence-corrected chi connectivity index (χ4v) is 1.77. The molecule has 0 aliphatic heterocycles. The van der Waals surface area contributed by atoms with E-state index < -0.39 is 0 Å². The lowest BCUT2D eigenvalue weighted by Gasteiger charge is -2.10. The third kappa shape index (κ3) is 2.94. The van der Waals surface area contributed by atoms with E-state index in [1.54, 1.807) is 4.68 Å². The van der Waals surface area contributed by atoms with Crippen LogP contribution in [0.15, 0.2) is 24.9 Å². The average molecular weight is 233 g/mol. The normalized spacial score (nSPS) is 11.3. The van der Waals surface area contributed by atoms with Gasteiger partial charge in [0.2, 0.25) is 0 Å². The van der Waals surface area contributed by atoms with Gasteiger partial charge in [0.15, 0.2) is 0 Å². The fraction of sp³-hybridized carbons (Fsp3) is 0.500. The van der Waals surface area contributed by atoms with Gasteiger partial charge in [-0.25, -0.2) is 4.98 Å². The highest BCUT2D eigenvalue weighted by Crippen LogP contribution is 2.17. The molecular weight excluding hydrogens is 214 g/mol. The molecule has 1 N–H and O–H groups in total. The molecule has 0 saturated carbocycles. The topological polar surface area (TPSA) is 47.7 Å². The van der Waals surface area contributed by atoms with Crippen LogP contribution in [0.2, 0.25) is 0 Å². The number of imidazole rings is 1. The molecule has 0 unspecified atom stereocenters. The summed E-state index contributed by atoms with van der Waals surface area (Å²) < 4.78 is 3.95. The molecule has 0 bridgehead atoms. The van der Waals surface area contributed by atoms with Gasteiger partial charge in [0.25, 0.3) is 0 Å². The van der Waals surface area contributed by atoms with Gasteiger partial charge in [-0.3, -0.25) is 4.68 Å². The first kappa shape index (κ1) is 11.9. The van der Waals surface area contributed by atoms with Gasteiger partial charge in [0, 0.05) is 37.9 Å². The van der Waals surface area contributed by atoms with E-state index in [2.05, 4.69) is 33.8 Å². The molecule has 0 fully saturated rings. The van der Waals surface area contributed by atoms with Crippen molar-refractivity contribution in [1.82, 2.24) is 24.6 Å². The smallest absolute Gasteiger partial charge is 0.0951 e. The zero-order chi connectivity index (χ0) is 12.3. The zero-order valence-electron chi connectivity index (χ0n) is 10.6. The summed E-state index contributed by atoms with van der Waals surface area (Å²) in [5.41, 5.74) is 2.22. The summed E-state index contributed by atoms with van der Waals surface area (Å²) in [7, 11) is 1.92. The summed E-state index contributed by atoms with van der Waals surface area (Å²) in [6, 6.07) is 0.514. The highest BCUT2D eigenvalue weighted by molar-refractivity contribution is 5.56. The first-order valence-corrected chi connectivity index (χ1v) is 5.89. The second kappa shape index (κ2) is 5.14. The van der Waals surface area contributed by atoms with Crippen LogP contribution < -0.4 is 5.32 Å². The summed E-state index contributed by atoms with van der Waals surface area (Å²) >= 11 is 0. The molecule has 0 aliphatic rings. The van der Waals surface area contributed by atoms with E-state index >= 15 is 0 Å². The molecule has 0 amide bonds. The van der Waals surface area contributed by atoms with E-state index in [-0.39, 0.29) is 0 Å². The standard InChI is InChI=1S/C12H19N5/c1-10(2)14-4-5-17-9-13-7-12(17)11-6-15-16(3)8-11/h6-10,14H,4-5H2,1-3H3. The Morgan fingerprint density at radius 2 is 2.18 bits per heavy atom. The predicted molar refractivity (Wildman–Crippen MR) is 67.6 cm³/mol. The third-order valence-corrected chi connectivity index (χ3v) is 2.62. The van der Waals surface area contributed by atoms with E-state index in [1.165, 1.54) is 0 Å². The lowest BCUT2D eigenvalue weighted by Crippen LogP contribution is -2.26. The number of aryl methyl sites for hydroxylation is 1. The lowest BCUT2D eigenvalue weighted by atomic mass is 10.3. The Balaban J connectivity index is 2.07. The molecular formula is C12H19N5. The van der Waals surface area contributed by atoms with Crippen molar-refractivity contribution >= 4 is 0 Å². The highest BCUT2D eigenvalue weighted by Gasteiger charge is 2.06. The number of hydrogen-bond acceptors (Lipinski definition) is 3. The second-order valence-electron chi connectivity index (χ2n) is 4.48. The lowest BCUT2D eigenvalue weighted by molar-refractivity contribution is 0.543. The maximum absolute atomic E-state index is 4.20. The molecule has 0 spiro atoms. The van der Waals surface area contributed by atoms with Crippen LogP contribution >= 0.6 is 0 Å². The molecule has 0 aromatic carbocycles. The minimum absolute atomic E-state index is 0.514. The van der Waals surface area contributed by atoms with E-state index in [1.807, 2.05) is 32.0 Å². The van der Waals surface area contributed by atoms with Crippen LogP contribution in [0.3, 0.4) is 0 Å². The molecule has 2 heterocycles. The first-order chi connectivity index (χ1) is 8.16. The average Bonchev–Trinajstić information content (AvgIpc) is 2.86. The van der Waals surface area contributed by atoms with Crippen LogP contribution in [-0.4, -0.2) is 31.9 Å². The van der Waals surface area contributed by atoms with Crippen LogP contribution in [0.5, 0.6) is 0 Å². The van der Waals surface area contributed by atoms with Gasteiger partial charge in [-0.15, -0.1) is 0 Å². The van der Waals surface area contributed by atoms with Crippen molar-refractivity contribution in [3.63, 3.8) is 0 Å². The molecule has 2 aromatic heterocycles. The summed E-state index contributed by atoms with van der Waals surface area (Å²) in [6.07, 6.45) is 7.61. The Kier molecular flexibility index (Phi) is 3.58. The van der Waals surface area contributed by atoms with Crippen molar-refractivity contribution in [2.75, 3.05) is 6.54 Å². The van der Waals surface area contributed by atoms with Crippen LogP contribution in [0, 0.1) is 0 Å². The Morgan fingerprint density at radius 3 is 2.82 bits per heavy atom. The molecule has 5 heteroatoms. The maximum atomic E-state index is 4.20. The Morgan fingerprint density at radius 1 is 1.35 bits per heavy atom. The molecule has 17 heavy (non-hydrogen) atoms. The van der Waals surface area contributed by atoms with Crippen molar-refractivity contribution in [2.45, 2.75) is 26.4 Å². The van der Waals surface area contributed by atoms with Gasteiger partial charge >= 0.3 is 0 Å². The van der Waals surface area contributed by atoms with Crippen molar-refractivity contribution in [3.8, 4) is 11.3 Å². The zero-order valence-corrected chi connectivity index (χ0v) is 10.6. The molecule has 5 nitrogen and oxygen atoms in total. The number of hydrogen-bond donors (Lipinski definition) is 1. The Labute approximate surface area is 101 Å². The first-order valence-electron chi connectivity index (χ1n) is 5.89. The van der Waals surface area contributed by atoms with Crippen molar-refractivity contribution in [2.24, 2.45) is 7.05 Å². The van der Waals surface area contributed by atoms with E-state index in [4.69, 9.17) is 0 Å².